The summed E-state index contributed by atoms with van der Waals surface area (Å²) in [5.74, 6) is 0.142. The fraction of sp³-hybridized carbons (Fsp3) is 0.900. The molecule has 82 valence electrons. The Labute approximate surface area is 90.6 Å². The predicted octanol–water partition coefficient (Wildman–Crippen LogP) is 0.948. The van der Waals surface area contributed by atoms with Crippen LogP contribution < -0.4 is 5.32 Å². The van der Waals surface area contributed by atoms with Crippen LogP contribution in [0, 0.1) is 0 Å². The Morgan fingerprint density at radius 1 is 1.43 bits per heavy atom. The number of amides is 1. The van der Waals surface area contributed by atoms with E-state index in [1.54, 1.807) is 7.05 Å². The van der Waals surface area contributed by atoms with Crippen molar-refractivity contribution >= 4 is 17.7 Å². The number of carbonyl (C=O) groups excluding carboxylic acids is 1. The highest BCUT2D eigenvalue weighted by atomic mass is 32.2. The van der Waals surface area contributed by atoms with Crippen molar-refractivity contribution in [2.24, 2.45) is 0 Å². The van der Waals surface area contributed by atoms with Crippen LogP contribution in [0.15, 0.2) is 0 Å². The first-order valence-electron chi connectivity index (χ1n) is 5.20. The average molecular weight is 216 g/mol. The van der Waals surface area contributed by atoms with Gasteiger partial charge in [-0.25, -0.2) is 0 Å². The van der Waals surface area contributed by atoms with Crippen LogP contribution >= 0.6 is 11.8 Å². The molecule has 0 radical (unpaired) electrons. The van der Waals surface area contributed by atoms with Crippen LogP contribution in [0.3, 0.4) is 0 Å². The molecule has 1 amide bonds. The molecular formula is C10H20N2OS. The van der Waals surface area contributed by atoms with Crippen molar-refractivity contribution in [3.8, 4) is 0 Å². The normalized spacial score (nSPS) is 28.8. The highest BCUT2D eigenvalue weighted by molar-refractivity contribution is 8.00. The summed E-state index contributed by atoms with van der Waals surface area (Å²) in [5.41, 5.74) is 0. The molecule has 1 heterocycles. The first-order chi connectivity index (χ1) is 6.61. The molecule has 1 fully saturated rings. The lowest BCUT2D eigenvalue weighted by Gasteiger charge is -2.34. The molecule has 1 rings (SSSR count). The second-order valence-electron chi connectivity index (χ2n) is 3.94. The first-order valence-corrected chi connectivity index (χ1v) is 6.14. The molecule has 2 unspecified atom stereocenters. The third-order valence-electron chi connectivity index (χ3n) is 2.43. The number of hydrogen-bond donors (Lipinski definition) is 1. The largest absolute Gasteiger partial charge is 0.359 e. The minimum absolute atomic E-state index is 0.142. The SMILES string of the molecule is CNC(=O)CCN1CC(C)SC(C)C1. The molecule has 1 aliphatic heterocycles. The molecule has 14 heavy (non-hydrogen) atoms. The van der Waals surface area contributed by atoms with Crippen LogP contribution in [-0.4, -0.2) is 48.0 Å². The fourth-order valence-corrected chi connectivity index (χ4v) is 3.24. The van der Waals surface area contributed by atoms with E-state index >= 15 is 0 Å². The summed E-state index contributed by atoms with van der Waals surface area (Å²) in [4.78, 5) is 13.5. The Morgan fingerprint density at radius 3 is 2.50 bits per heavy atom. The standard InChI is InChI=1S/C10H20N2OS/c1-8-6-12(7-9(2)14-8)5-4-10(13)11-3/h8-9H,4-7H2,1-3H3,(H,11,13). The number of rotatable bonds is 3. The fourth-order valence-electron chi connectivity index (χ4n) is 1.85. The zero-order valence-corrected chi connectivity index (χ0v) is 10.1. The van der Waals surface area contributed by atoms with E-state index in [1.165, 1.54) is 0 Å². The van der Waals surface area contributed by atoms with E-state index in [1.807, 2.05) is 11.8 Å². The number of carbonyl (C=O) groups is 1. The molecule has 0 saturated carbocycles. The molecule has 3 nitrogen and oxygen atoms in total. The third kappa shape index (κ3) is 3.88. The molecule has 2 atom stereocenters. The predicted molar refractivity (Wildman–Crippen MR) is 61.6 cm³/mol. The van der Waals surface area contributed by atoms with Gasteiger partial charge in [0.25, 0.3) is 0 Å². The summed E-state index contributed by atoms with van der Waals surface area (Å²) < 4.78 is 0. The molecule has 4 heteroatoms. The second kappa shape index (κ2) is 5.61. The number of thioether (sulfide) groups is 1. The van der Waals surface area contributed by atoms with Gasteiger partial charge in [0.05, 0.1) is 0 Å². The van der Waals surface area contributed by atoms with E-state index < -0.39 is 0 Å². The Hall–Kier alpha value is -0.220. The zero-order chi connectivity index (χ0) is 10.6. The molecule has 1 N–H and O–H groups in total. The summed E-state index contributed by atoms with van der Waals surface area (Å²) in [6.07, 6.45) is 0.626. The lowest BCUT2D eigenvalue weighted by Crippen LogP contribution is -2.41. The van der Waals surface area contributed by atoms with Gasteiger partial charge in [-0.3, -0.25) is 4.79 Å². The smallest absolute Gasteiger partial charge is 0.221 e. The summed E-state index contributed by atoms with van der Waals surface area (Å²) in [6, 6.07) is 0. The van der Waals surface area contributed by atoms with E-state index in [0.717, 1.165) is 19.6 Å². The van der Waals surface area contributed by atoms with Gasteiger partial charge in [-0.05, 0) is 0 Å². The average Bonchev–Trinajstić information content (AvgIpc) is 2.12. The van der Waals surface area contributed by atoms with Crippen molar-refractivity contribution in [1.82, 2.24) is 10.2 Å². The van der Waals surface area contributed by atoms with Gasteiger partial charge in [-0.1, -0.05) is 13.8 Å². The molecule has 0 aromatic carbocycles. The van der Waals surface area contributed by atoms with Gasteiger partial charge in [0, 0.05) is 43.6 Å². The Morgan fingerprint density at radius 2 is 2.00 bits per heavy atom. The van der Waals surface area contributed by atoms with Crippen LogP contribution in [0.1, 0.15) is 20.3 Å². The van der Waals surface area contributed by atoms with Crippen LogP contribution in [0.2, 0.25) is 0 Å². The molecule has 0 aliphatic carbocycles. The molecule has 1 saturated heterocycles. The van der Waals surface area contributed by atoms with Gasteiger partial charge < -0.3 is 10.2 Å². The Kier molecular flexibility index (Phi) is 4.75. The number of nitrogens with zero attached hydrogens (tertiary/aromatic N) is 1. The lowest BCUT2D eigenvalue weighted by molar-refractivity contribution is -0.120. The van der Waals surface area contributed by atoms with Crippen molar-refractivity contribution in [2.75, 3.05) is 26.7 Å². The monoisotopic (exact) mass is 216 g/mol. The number of nitrogens with one attached hydrogen (secondary N) is 1. The molecule has 0 aromatic rings. The van der Waals surface area contributed by atoms with Crippen molar-refractivity contribution in [1.29, 1.82) is 0 Å². The van der Waals surface area contributed by atoms with E-state index in [2.05, 4.69) is 24.1 Å². The van der Waals surface area contributed by atoms with Crippen molar-refractivity contribution in [2.45, 2.75) is 30.8 Å². The lowest BCUT2D eigenvalue weighted by atomic mass is 10.3. The quantitative estimate of drug-likeness (QED) is 0.762. The van der Waals surface area contributed by atoms with Gasteiger partial charge in [-0.15, -0.1) is 0 Å². The van der Waals surface area contributed by atoms with Gasteiger partial charge in [0.1, 0.15) is 0 Å². The third-order valence-corrected chi connectivity index (χ3v) is 3.66. The second-order valence-corrected chi connectivity index (χ2v) is 5.82. The van der Waals surface area contributed by atoms with Crippen LogP contribution in [0.25, 0.3) is 0 Å². The molecule has 0 bridgehead atoms. The molecule has 1 aliphatic rings. The highest BCUT2D eigenvalue weighted by Crippen LogP contribution is 2.24. The summed E-state index contributed by atoms with van der Waals surface area (Å²) in [5, 5.41) is 4.05. The van der Waals surface area contributed by atoms with Gasteiger partial charge >= 0.3 is 0 Å². The van der Waals surface area contributed by atoms with Crippen LogP contribution in [-0.2, 0) is 4.79 Å². The topological polar surface area (TPSA) is 32.3 Å². The van der Waals surface area contributed by atoms with Crippen LogP contribution in [0.5, 0.6) is 0 Å². The minimum Gasteiger partial charge on any atom is -0.359 e. The maximum Gasteiger partial charge on any atom is 0.221 e. The van der Waals surface area contributed by atoms with Crippen molar-refractivity contribution < 1.29 is 4.79 Å². The molecule has 0 spiro atoms. The van der Waals surface area contributed by atoms with Crippen LogP contribution in [0.4, 0.5) is 0 Å². The van der Waals surface area contributed by atoms with E-state index in [9.17, 15) is 4.79 Å². The number of hydrogen-bond acceptors (Lipinski definition) is 3. The maximum atomic E-state index is 11.1. The Balaban J connectivity index is 2.26. The summed E-state index contributed by atoms with van der Waals surface area (Å²) in [7, 11) is 1.69. The minimum atomic E-state index is 0.142. The van der Waals surface area contributed by atoms with E-state index in [0.29, 0.717) is 16.9 Å². The highest BCUT2D eigenvalue weighted by Gasteiger charge is 2.21. The summed E-state index contributed by atoms with van der Waals surface area (Å²) >= 11 is 2.04. The maximum absolute atomic E-state index is 11.1. The van der Waals surface area contributed by atoms with Crippen molar-refractivity contribution in [3.63, 3.8) is 0 Å². The molecule has 0 aromatic heterocycles. The van der Waals surface area contributed by atoms with Gasteiger partial charge in [-0.2, -0.15) is 11.8 Å². The van der Waals surface area contributed by atoms with Crippen molar-refractivity contribution in [3.05, 3.63) is 0 Å². The van der Waals surface area contributed by atoms with E-state index in [-0.39, 0.29) is 5.91 Å². The zero-order valence-electron chi connectivity index (χ0n) is 9.25. The van der Waals surface area contributed by atoms with E-state index in [4.69, 9.17) is 0 Å². The van der Waals surface area contributed by atoms with Gasteiger partial charge in [0.15, 0.2) is 0 Å². The van der Waals surface area contributed by atoms with Gasteiger partial charge in [0.2, 0.25) is 5.91 Å². The summed E-state index contributed by atoms with van der Waals surface area (Å²) in [6.45, 7) is 7.65. The molecular weight excluding hydrogens is 196 g/mol. The first kappa shape index (κ1) is 11.9. The Bertz CT molecular complexity index is 189.